The van der Waals surface area contributed by atoms with E-state index >= 15 is 0 Å². The molecule has 0 saturated heterocycles. The number of carbonyl (C=O) groups is 1. The van der Waals surface area contributed by atoms with E-state index in [1.165, 1.54) is 24.4 Å². The van der Waals surface area contributed by atoms with E-state index in [0.29, 0.717) is 22.8 Å². The van der Waals surface area contributed by atoms with Crippen molar-refractivity contribution in [3.63, 3.8) is 0 Å². The first-order valence-electron chi connectivity index (χ1n) is 7.95. The lowest BCUT2D eigenvalue weighted by atomic mass is 10.0. The average Bonchev–Trinajstić information content (AvgIpc) is 2.62. The van der Waals surface area contributed by atoms with Gasteiger partial charge in [-0.05, 0) is 49.2 Å². The molecule has 6 nitrogen and oxygen atoms in total. The lowest BCUT2D eigenvalue weighted by Crippen LogP contribution is -2.17. The number of nitrogen functional groups attached to an aromatic ring is 1. The van der Waals surface area contributed by atoms with E-state index in [1.807, 2.05) is 6.07 Å². The summed E-state index contributed by atoms with van der Waals surface area (Å²) in [6, 6.07) is 6.13. The molecule has 0 bridgehead atoms. The molecule has 9 heteroatoms. The Bertz CT molecular complexity index is 1020. The second-order valence-electron chi connectivity index (χ2n) is 5.93. The van der Waals surface area contributed by atoms with Crippen molar-refractivity contribution in [3.8, 4) is 6.07 Å². The highest BCUT2D eigenvalue weighted by Gasteiger charge is 2.22. The maximum atomic E-state index is 12.5. The molecule has 0 unspecified atom stereocenters. The molecule has 0 aliphatic rings. The minimum Gasteiger partial charge on any atom is -0.398 e. The van der Waals surface area contributed by atoms with Gasteiger partial charge in [0.05, 0.1) is 11.3 Å². The molecule has 0 atom stereocenters. The standard InChI is InChI=1S/C19H16F3N5O/c1-10-11(2)17(26-9-12(10)8-23)18(28)27-13-3-4-15(24)14(7-13)16(25)5-6-19(20,21)22/h3-7,9,25H,24H2,1-2H3,(H,27,28)/b6-5+,25-16?. The molecule has 0 aliphatic carbocycles. The number of carbonyl (C=O) groups excluding carboxylic acids is 1. The van der Waals surface area contributed by atoms with Gasteiger partial charge in [0, 0.05) is 29.2 Å². The predicted octanol–water partition coefficient (Wildman–Crippen LogP) is 3.89. The number of hydrogen-bond acceptors (Lipinski definition) is 5. The summed E-state index contributed by atoms with van der Waals surface area (Å²) in [7, 11) is 0. The second-order valence-corrected chi connectivity index (χ2v) is 5.93. The van der Waals surface area contributed by atoms with Gasteiger partial charge in [-0.1, -0.05) is 0 Å². The number of alkyl halides is 3. The van der Waals surface area contributed by atoms with E-state index in [9.17, 15) is 18.0 Å². The molecule has 1 aromatic heterocycles. The SMILES string of the molecule is Cc1c(C#N)cnc(C(=O)Nc2ccc(N)c(C(=N)/C=C/C(F)(F)F)c2)c1C. The fraction of sp³-hybridized carbons (Fsp3) is 0.158. The summed E-state index contributed by atoms with van der Waals surface area (Å²) in [6.45, 7) is 3.35. The van der Waals surface area contributed by atoms with Crippen LogP contribution in [0.15, 0.2) is 36.5 Å². The molecule has 4 N–H and O–H groups in total. The Labute approximate surface area is 159 Å². The Hall–Kier alpha value is -3.67. The molecule has 1 aromatic carbocycles. The summed E-state index contributed by atoms with van der Waals surface area (Å²) < 4.78 is 36.9. The molecule has 1 amide bonds. The smallest absolute Gasteiger partial charge is 0.398 e. The Kier molecular flexibility index (Phi) is 5.84. The Morgan fingerprint density at radius 3 is 2.61 bits per heavy atom. The minimum atomic E-state index is -4.55. The van der Waals surface area contributed by atoms with Gasteiger partial charge in [-0.3, -0.25) is 4.79 Å². The first-order valence-corrected chi connectivity index (χ1v) is 7.95. The van der Waals surface area contributed by atoms with Crippen LogP contribution in [-0.4, -0.2) is 22.8 Å². The third kappa shape index (κ3) is 4.73. The maximum absolute atomic E-state index is 12.5. The largest absolute Gasteiger partial charge is 0.409 e. The third-order valence-electron chi connectivity index (χ3n) is 4.02. The molecule has 0 aliphatic heterocycles. The number of hydrogen-bond donors (Lipinski definition) is 3. The number of anilines is 2. The van der Waals surface area contributed by atoms with Crippen molar-refractivity contribution in [2.24, 2.45) is 0 Å². The van der Waals surface area contributed by atoms with E-state index < -0.39 is 17.8 Å². The summed E-state index contributed by atoms with van der Waals surface area (Å²) in [5.74, 6) is -0.557. The van der Waals surface area contributed by atoms with Crippen LogP contribution in [0.5, 0.6) is 0 Å². The van der Waals surface area contributed by atoms with Crippen molar-refractivity contribution in [2.45, 2.75) is 20.0 Å². The van der Waals surface area contributed by atoms with Gasteiger partial charge in [0.25, 0.3) is 5.91 Å². The Morgan fingerprint density at radius 2 is 2.00 bits per heavy atom. The number of allylic oxidation sites excluding steroid dienone is 2. The summed E-state index contributed by atoms with van der Waals surface area (Å²) in [4.78, 5) is 16.5. The van der Waals surface area contributed by atoms with Crippen molar-refractivity contribution in [2.75, 3.05) is 11.1 Å². The van der Waals surface area contributed by atoms with Gasteiger partial charge in [-0.2, -0.15) is 18.4 Å². The van der Waals surface area contributed by atoms with Gasteiger partial charge in [-0.15, -0.1) is 0 Å². The van der Waals surface area contributed by atoms with E-state index in [1.54, 1.807) is 13.8 Å². The molecule has 0 fully saturated rings. The molecule has 28 heavy (non-hydrogen) atoms. The van der Waals surface area contributed by atoms with Crippen molar-refractivity contribution in [1.82, 2.24) is 4.98 Å². The second kappa shape index (κ2) is 7.92. The summed E-state index contributed by atoms with van der Waals surface area (Å²) in [5.41, 5.74) is 7.29. The van der Waals surface area contributed by atoms with Crippen LogP contribution in [0.4, 0.5) is 24.5 Å². The molecule has 2 aromatic rings. The summed E-state index contributed by atoms with van der Waals surface area (Å²) in [5, 5.41) is 19.4. The summed E-state index contributed by atoms with van der Waals surface area (Å²) >= 11 is 0. The number of nitrogens with zero attached hydrogens (tertiary/aromatic N) is 2. The van der Waals surface area contributed by atoms with E-state index in [2.05, 4.69) is 10.3 Å². The third-order valence-corrected chi connectivity index (χ3v) is 4.02. The zero-order valence-electron chi connectivity index (χ0n) is 15.0. The molecule has 0 spiro atoms. The lowest BCUT2D eigenvalue weighted by molar-refractivity contribution is -0.0797. The average molecular weight is 387 g/mol. The Morgan fingerprint density at radius 1 is 1.32 bits per heavy atom. The molecule has 144 valence electrons. The number of pyridine rings is 1. The highest BCUT2D eigenvalue weighted by Crippen LogP contribution is 2.22. The van der Waals surface area contributed by atoms with E-state index in [4.69, 9.17) is 16.4 Å². The monoisotopic (exact) mass is 387 g/mol. The first-order chi connectivity index (χ1) is 13.0. The summed E-state index contributed by atoms with van der Waals surface area (Å²) in [6.07, 6.45) is -2.73. The van der Waals surface area contributed by atoms with Crippen LogP contribution in [0.3, 0.4) is 0 Å². The predicted molar refractivity (Wildman–Crippen MR) is 99.3 cm³/mol. The fourth-order valence-corrected chi connectivity index (χ4v) is 2.37. The number of nitrogens with two attached hydrogens (primary N) is 1. The van der Waals surface area contributed by atoms with Crippen molar-refractivity contribution in [3.05, 3.63) is 64.5 Å². The van der Waals surface area contributed by atoms with Gasteiger partial charge in [-0.25, -0.2) is 4.98 Å². The number of amides is 1. The molecular weight excluding hydrogens is 371 g/mol. The van der Waals surface area contributed by atoms with Crippen LogP contribution in [0, 0.1) is 30.6 Å². The quantitative estimate of drug-likeness (QED) is 0.545. The maximum Gasteiger partial charge on any atom is 0.409 e. The topological polar surface area (TPSA) is 116 Å². The van der Waals surface area contributed by atoms with Gasteiger partial charge in [0.2, 0.25) is 0 Å². The molecule has 2 rings (SSSR count). The molecule has 1 heterocycles. The number of halogens is 3. The van der Waals surface area contributed by atoms with Crippen LogP contribution in [0.2, 0.25) is 0 Å². The normalized spacial score (nSPS) is 11.3. The molecule has 0 radical (unpaired) electrons. The van der Waals surface area contributed by atoms with Gasteiger partial charge in [0.15, 0.2) is 0 Å². The van der Waals surface area contributed by atoms with Crippen LogP contribution in [0.25, 0.3) is 0 Å². The Balaban J connectivity index is 2.30. The van der Waals surface area contributed by atoms with Crippen molar-refractivity contribution in [1.29, 1.82) is 10.7 Å². The van der Waals surface area contributed by atoms with Gasteiger partial charge < -0.3 is 16.5 Å². The fourth-order valence-electron chi connectivity index (χ4n) is 2.37. The molecular formula is C19H16F3N5O. The number of benzene rings is 1. The number of nitrogens with one attached hydrogen (secondary N) is 2. The molecule has 0 saturated carbocycles. The highest BCUT2D eigenvalue weighted by atomic mass is 19.4. The van der Waals surface area contributed by atoms with Crippen LogP contribution < -0.4 is 11.1 Å². The lowest BCUT2D eigenvalue weighted by Gasteiger charge is -2.12. The van der Waals surface area contributed by atoms with E-state index in [-0.39, 0.29) is 28.7 Å². The van der Waals surface area contributed by atoms with Crippen molar-refractivity contribution < 1.29 is 18.0 Å². The first kappa shape index (κ1) is 20.6. The number of aromatic nitrogens is 1. The zero-order chi connectivity index (χ0) is 21.1. The van der Waals surface area contributed by atoms with Crippen molar-refractivity contribution >= 4 is 23.0 Å². The van der Waals surface area contributed by atoms with Crippen LogP contribution >= 0.6 is 0 Å². The highest BCUT2D eigenvalue weighted by molar-refractivity contribution is 6.11. The van der Waals surface area contributed by atoms with Gasteiger partial charge >= 0.3 is 6.18 Å². The van der Waals surface area contributed by atoms with E-state index in [0.717, 1.165) is 0 Å². The number of nitriles is 1. The number of rotatable bonds is 4. The van der Waals surface area contributed by atoms with Gasteiger partial charge in [0.1, 0.15) is 11.8 Å². The van der Waals surface area contributed by atoms with Crippen LogP contribution in [0.1, 0.15) is 32.7 Å². The minimum absolute atomic E-state index is 0.0407. The van der Waals surface area contributed by atoms with Crippen LogP contribution in [-0.2, 0) is 0 Å². The zero-order valence-corrected chi connectivity index (χ0v) is 15.0.